The van der Waals surface area contributed by atoms with E-state index in [0.29, 0.717) is 6.54 Å². The van der Waals surface area contributed by atoms with Crippen LogP contribution >= 0.6 is 12.4 Å². The molecule has 1 aromatic rings. The zero-order chi connectivity index (χ0) is 14.0. The Kier molecular flexibility index (Phi) is 5.22. The van der Waals surface area contributed by atoms with Gasteiger partial charge in [0.2, 0.25) is 5.91 Å². The van der Waals surface area contributed by atoms with E-state index in [1.807, 2.05) is 9.58 Å². The van der Waals surface area contributed by atoms with Gasteiger partial charge in [-0.15, -0.1) is 12.4 Å². The number of likely N-dealkylation sites (tertiary alicyclic amines) is 1. The minimum absolute atomic E-state index is 0. The van der Waals surface area contributed by atoms with Crippen molar-refractivity contribution < 1.29 is 4.79 Å². The van der Waals surface area contributed by atoms with Crippen LogP contribution in [0.2, 0.25) is 0 Å². The summed E-state index contributed by atoms with van der Waals surface area (Å²) in [5, 5.41) is 4.20. The van der Waals surface area contributed by atoms with Gasteiger partial charge in [0.05, 0.1) is 11.6 Å². The van der Waals surface area contributed by atoms with Gasteiger partial charge in [0.25, 0.3) is 0 Å². The third-order valence-electron chi connectivity index (χ3n) is 4.67. The predicted octanol–water partition coefficient (Wildman–Crippen LogP) is 1.52. The lowest BCUT2D eigenvalue weighted by molar-refractivity contribution is -0.140. The zero-order valence-corrected chi connectivity index (χ0v) is 13.1. The largest absolute Gasteiger partial charge is 0.339 e. The average Bonchev–Trinajstić information content (AvgIpc) is 3.02. The Labute approximate surface area is 131 Å². The number of amides is 1. The van der Waals surface area contributed by atoms with Crippen LogP contribution in [0.3, 0.4) is 0 Å². The summed E-state index contributed by atoms with van der Waals surface area (Å²) in [7, 11) is 0. The third kappa shape index (κ3) is 3.37. The van der Waals surface area contributed by atoms with Gasteiger partial charge in [0.1, 0.15) is 12.7 Å². The van der Waals surface area contributed by atoms with Crippen LogP contribution in [0.4, 0.5) is 0 Å². The van der Waals surface area contributed by atoms with E-state index in [1.165, 1.54) is 6.42 Å². The Hall–Kier alpha value is -1.14. The molecule has 1 saturated heterocycles. The van der Waals surface area contributed by atoms with Crippen molar-refractivity contribution in [1.29, 1.82) is 0 Å². The monoisotopic (exact) mass is 313 g/mol. The number of carbonyl (C=O) groups excluding carboxylic acids is 1. The lowest BCUT2D eigenvalue weighted by Crippen LogP contribution is -2.58. The predicted molar refractivity (Wildman–Crippen MR) is 82.1 cm³/mol. The fourth-order valence-corrected chi connectivity index (χ4v) is 3.47. The minimum Gasteiger partial charge on any atom is -0.339 e. The van der Waals surface area contributed by atoms with Gasteiger partial charge in [0.15, 0.2) is 0 Å². The first-order chi connectivity index (χ1) is 9.69. The van der Waals surface area contributed by atoms with Gasteiger partial charge in [-0.05, 0) is 25.7 Å². The number of aromatic nitrogens is 3. The number of nitrogens with zero attached hydrogens (tertiary/aromatic N) is 4. The molecule has 21 heavy (non-hydrogen) atoms. The van der Waals surface area contributed by atoms with E-state index in [-0.39, 0.29) is 24.4 Å². The maximum absolute atomic E-state index is 12.7. The second-order valence-electron chi connectivity index (χ2n) is 6.14. The fourth-order valence-electron chi connectivity index (χ4n) is 3.47. The lowest BCUT2D eigenvalue weighted by atomic mass is 9.81. The van der Waals surface area contributed by atoms with Gasteiger partial charge in [-0.1, -0.05) is 19.3 Å². The van der Waals surface area contributed by atoms with E-state index >= 15 is 0 Å². The Morgan fingerprint density at radius 3 is 2.67 bits per heavy atom. The molecule has 1 amide bonds. The second kappa shape index (κ2) is 6.75. The number of nitrogens with two attached hydrogens (primary N) is 1. The van der Waals surface area contributed by atoms with Crippen molar-refractivity contribution in [2.45, 2.75) is 56.5 Å². The summed E-state index contributed by atoms with van der Waals surface area (Å²) in [6.45, 7) is 1.53. The first kappa shape index (κ1) is 16.2. The fraction of sp³-hybridized carbons (Fsp3) is 0.786. The molecule has 6 nitrogen and oxygen atoms in total. The molecule has 118 valence electrons. The van der Waals surface area contributed by atoms with E-state index in [0.717, 1.165) is 45.1 Å². The number of halogens is 1. The van der Waals surface area contributed by atoms with Crippen LogP contribution in [0.25, 0.3) is 0 Å². The van der Waals surface area contributed by atoms with Crippen molar-refractivity contribution in [2.75, 3.05) is 13.1 Å². The zero-order valence-electron chi connectivity index (χ0n) is 12.3. The first-order valence-corrected chi connectivity index (χ1v) is 7.61. The van der Waals surface area contributed by atoms with Crippen molar-refractivity contribution in [3.63, 3.8) is 0 Å². The van der Waals surface area contributed by atoms with Crippen molar-refractivity contribution in [3.8, 4) is 0 Å². The van der Waals surface area contributed by atoms with Crippen LogP contribution in [0.15, 0.2) is 12.7 Å². The van der Waals surface area contributed by atoms with Gasteiger partial charge in [-0.2, -0.15) is 5.10 Å². The van der Waals surface area contributed by atoms with Crippen molar-refractivity contribution in [1.82, 2.24) is 19.7 Å². The highest BCUT2D eigenvalue weighted by atomic mass is 35.5. The topological polar surface area (TPSA) is 77.0 Å². The molecule has 0 bridgehead atoms. The maximum Gasteiger partial charge on any atom is 0.242 e. The molecule has 7 heteroatoms. The highest BCUT2D eigenvalue weighted by Gasteiger charge is 2.39. The molecule has 1 aliphatic carbocycles. The SMILES string of the molecule is Cl.NC1(C(=O)N2CCCC(n3cncn3)C2)CCCCC1. The number of piperidine rings is 1. The van der Waals surface area contributed by atoms with Gasteiger partial charge in [-0.3, -0.25) is 4.79 Å². The Morgan fingerprint density at radius 1 is 1.24 bits per heavy atom. The summed E-state index contributed by atoms with van der Waals surface area (Å²) in [5.74, 6) is 0.141. The van der Waals surface area contributed by atoms with E-state index in [2.05, 4.69) is 10.1 Å². The van der Waals surface area contributed by atoms with Crippen molar-refractivity contribution >= 4 is 18.3 Å². The van der Waals surface area contributed by atoms with E-state index in [4.69, 9.17) is 5.73 Å². The van der Waals surface area contributed by atoms with Crippen LogP contribution in [-0.2, 0) is 4.79 Å². The van der Waals surface area contributed by atoms with Crippen LogP contribution in [-0.4, -0.2) is 44.2 Å². The van der Waals surface area contributed by atoms with Crippen LogP contribution in [0.5, 0.6) is 0 Å². The quantitative estimate of drug-likeness (QED) is 0.898. The first-order valence-electron chi connectivity index (χ1n) is 7.61. The Bertz CT molecular complexity index is 458. The molecule has 0 aromatic carbocycles. The summed E-state index contributed by atoms with van der Waals surface area (Å²) in [6.07, 6.45) is 10.3. The molecule has 1 saturated carbocycles. The summed E-state index contributed by atoms with van der Waals surface area (Å²) < 4.78 is 1.86. The van der Waals surface area contributed by atoms with Crippen LogP contribution in [0, 0.1) is 0 Å². The molecule has 1 unspecified atom stereocenters. The molecule has 1 aromatic heterocycles. The minimum atomic E-state index is -0.623. The highest BCUT2D eigenvalue weighted by molar-refractivity contribution is 5.86. The molecular formula is C14H24ClN5O. The van der Waals surface area contributed by atoms with Crippen molar-refractivity contribution in [3.05, 3.63) is 12.7 Å². The highest BCUT2D eigenvalue weighted by Crippen LogP contribution is 2.30. The van der Waals surface area contributed by atoms with E-state index < -0.39 is 5.54 Å². The number of hydrogen-bond acceptors (Lipinski definition) is 4. The van der Waals surface area contributed by atoms with Crippen LogP contribution < -0.4 is 5.73 Å². The molecule has 2 N–H and O–H groups in total. The Morgan fingerprint density at radius 2 is 2.00 bits per heavy atom. The van der Waals surface area contributed by atoms with Crippen molar-refractivity contribution in [2.24, 2.45) is 5.73 Å². The van der Waals surface area contributed by atoms with Crippen LogP contribution in [0.1, 0.15) is 51.0 Å². The van der Waals surface area contributed by atoms with Gasteiger partial charge in [-0.25, -0.2) is 9.67 Å². The average molecular weight is 314 g/mol. The smallest absolute Gasteiger partial charge is 0.242 e. The molecular weight excluding hydrogens is 290 g/mol. The summed E-state index contributed by atoms with van der Waals surface area (Å²) in [5.41, 5.74) is 5.75. The molecule has 0 radical (unpaired) electrons. The summed E-state index contributed by atoms with van der Waals surface area (Å²) in [6, 6.07) is 0.238. The molecule has 2 heterocycles. The van der Waals surface area contributed by atoms with E-state index in [1.54, 1.807) is 12.7 Å². The van der Waals surface area contributed by atoms with Gasteiger partial charge < -0.3 is 10.6 Å². The standard InChI is InChI=1S/C14H23N5O.ClH/c15-14(6-2-1-3-7-14)13(20)18-8-4-5-12(9-18)19-11-16-10-17-19;/h10-12H,1-9,15H2;1H. The molecule has 0 spiro atoms. The molecule has 2 aliphatic rings. The maximum atomic E-state index is 12.7. The van der Waals surface area contributed by atoms with Gasteiger partial charge >= 0.3 is 0 Å². The summed E-state index contributed by atoms with van der Waals surface area (Å²) in [4.78, 5) is 18.7. The van der Waals surface area contributed by atoms with Gasteiger partial charge in [0, 0.05) is 13.1 Å². The molecule has 2 fully saturated rings. The number of rotatable bonds is 2. The number of hydrogen-bond donors (Lipinski definition) is 1. The second-order valence-corrected chi connectivity index (χ2v) is 6.14. The normalized spacial score (nSPS) is 25.2. The lowest BCUT2D eigenvalue weighted by Gasteiger charge is -2.40. The van der Waals surface area contributed by atoms with E-state index in [9.17, 15) is 4.79 Å². The molecule has 3 rings (SSSR count). The number of carbonyl (C=O) groups is 1. The Balaban J connectivity index is 0.00000161. The summed E-state index contributed by atoms with van der Waals surface area (Å²) >= 11 is 0. The third-order valence-corrected chi connectivity index (χ3v) is 4.67. The molecule has 1 aliphatic heterocycles. The molecule has 1 atom stereocenters.